The minimum atomic E-state index is -0.304. The van der Waals surface area contributed by atoms with Gasteiger partial charge in [-0.3, -0.25) is 4.79 Å². The van der Waals surface area contributed by atoms with Crippen LogP contribution >= 0.6 is 11.8 Å². The molecule has 0 atom stereocenters. The van der Waals surface area contributed by atoms with Crippen molar-refractivity contribution in [2.45, 2.75) is 57.3 Å². The molecule has 0 amide bonds. The number of carbonyl (C=O) groups excluding carboxylic acids is 1. The summed E-state index contributed by atoms with van der Waals surface area (Å²) in [7, 11) is 1.83. The summed E-state index contributed by atoms with van der Waals surface area (Å²) >= 11 is 0.983. The lowest BCUT2D eigenvalue weighted by molar-refractivity contribution is 0.103. The summed E-state index contributed by atoms with van der Waals surface area (Å²) in [5, 5.41) is 21.9. The Hall–Kier alpha value is -2.19. The number of rotatable bonds is 3. The molecular formula is C21H26N2O2S. The van der Waals surface area contributed by atoms with Gasteiger partial charge in [-0.05, 0) is 34.7 Å². The number of thioether (sulfide) groups is 1. The number of ketones is 1. The first-order valence-electron chi connectivity index (χ1n) is 8.51. The molecular weight excluding hydrogens is 344 g/mol. The SMILES string of the molecule is Cn1cc(SC#N)c(C(=O)c2cc(C(C)(C)C)c(O)c(C(C)(C)C)c2)c1. The van der Waals surface area contributed by atoms with E-state index in [1.807, 2.05) is 54.0 Å². The van der Waals surface area contributed by atoms with Crippen LogP contribution in [-0.2, 0) is 17.9 Å². The fourth-order valence-electron chi connectivity index (χ4n) is 2.92. The topological polar surface area (TPSA) is 66.0 Å². The molecule has 0 aliphatic rings. The Balaban J connectivity index is 2.70. The Labute approximate surface area is 159 Å². The Kier molecular flexibility index (Phi) is 5.30. The predicted molar refractivity (Wildman–Crippen MR) is 106 cm³/mol. The third-order valence-electron chi connectivity index (χ3n) is 4.31. The van der Waals surface area contributed by atoms with Gasteiger partial charge in [0.2, 0.25) is 0 Å². The van der Waals surface area contributed by atoms with Gasteiger partial charge in [0.1, 0.15) is 11.2 Å². The van der Waals surface area contributed by atoms with Crippen LogP contribution in [0.15, 0.2) is 29.4 Å². The van der Waals surface area contributed by atoms with Crippen LogP contribution in [0.4, 0.5) is 0 Å². The Bertz CT molecular complexity index is 855. The molecule has 138 valence electrons. The second-order valence-corrected chi connectivity index (χ2v) is 9.47. The van der Waals surface area contributed by atoms with Gasteiger partial charge in [0.05, 0.1) is 10.5 Å². The second-order valence-electron chi connectivity index (χ2n) is 8.64. The van der Waals surface area contributed by atoms with Crippen molar-refractivity contribution < 1.29 is 9.90 Å². The summed E-state index contributed by atoms with van der Waals surface area (Å²) in [6.45, 7) is 12.1. The molecule has 0 fully saturated rings. The molecule has 1 N–H and O–H groups in total. The lowest BCUT2D eigenvalue weighted by Crippen LogP contribution is -2.19. The van der Waals surface area contributed by atoms with Gasteiger partial charge in [-0.2, -0.15) is 5.26 Å². The van der Waals surface area contributed by atoms with Crippen LogP contribution in [0.25, 0.3) is 0 Å². The minimum Gasteiger partial charge on any atom is -0.507 e. The largest absolute Gasteiger partial charge is 0.507 e. The van der Waals surface area contributed by atoms with E-state index in [-0.39, 0.29) is 22.4 Å². The van der Waals surface area contributed by atoms with Gasteiger partial charge in [-0.15, -0.1) is 0 Å². The quantitative estimate of drug-likeness (QED) is 0.462. The molecule has 0 unspecified atom stereocenters. The van der Waals surface area contributed by atoms with Crippen molar-refractivity contribution >= 4 is 17.5 Å². The molecule has 2 rings (SSSR count). The average molecular weight is 371 g/mol. The van der Waals surface area contributed by atoms with E-state index in [2.05, 4.69) is 0 Å². The number of phenolic OH excluding ortho intramolecular Hbond substituents is 1. The highest BCUT2D eigenvalue weighted by atomic mass is 32.2. The zero-order valence-corrected chi connectivity index (χ0v) is 17.3. The van der Waals surface area contributed by atoms with Gasteiger partial charge in [0, 0.05) is 36.1 Å². The number of hydrogen-bond acceptors (Lipinski definition) is 4. The van der Waals surface area contributed by atoms with Gasteiger partial charge >= 0.3 is 0 Å². The van der Waals surface area contributed by atoms with Crippen molar-refractivity contribution in [1.29, 1.82) is 5.26 Å². The molecule has 2 aromatic rings. The number of benzene rings is 1. The van der Waals surface area contributed by atoms with E-state index >= 15 is 0 Å². The van der Waals surface area contributed by atoms with Crippen LogP contribution in [0.5, 0.6) is 5.75 Å². The highest BCUT2D eigenvalue weighted by Gasteiger charge is 2.28. The summed E-state index contributed by atoms with van der Waals surface area (Å²) < 4.78 is 1.78. The van der Waals surface area contributed by atoms with Crippen LogP contribution in [-0.4, -0.2) is 15.5 Å². The molecule has 0 bridgehead atoms. The summed E-state index contributed by atoms with van der Waals surface area (Å²) in [5.74, 6) is 0.112. The number of phenols is 1. The van der Waals surface area contributed by atoms with Gasteiger partial charge < -0.3 is 9.67 Å². The van der Waals surface area contributed by atoms with E-state index in [1.165, 1.54) is 0 Å². The fraction of sp³-hybridized carbons (Fsp3) is 0.429. The van der Waals surface area contributed by atoms with Crippen LogP contribution < -0.4 is 0 Å². The van der Waals surface area contributed by atoms with E-state index in [9.17, 15) is 9.90 Å². The fourth-order valence-corrected chi connectivity index (χ4v) is 3.50. The van der Waals surface area contributed by atoms with E-state index in [4.69, 9.17) is 5.26 Å². The Morgan fingerprint density at radius 3 is 2.00 bits per heavy atom. The first kappa shape index (κ1) is 20.1. The molecule has 1 aromatic heterocycles. The molecule has 26 heavy (non-hydrogen) atoms. The number of aromatic hydroxyl groups is 1. The van der Waals surface area contributed by atoms with E-state index in [1.54, 1.807) is 29.1 Å². The normalized spacial score (nSPS) is 12.1. The van der Waals surface area contributed by atoms with Gasteiger partial charge in [-0.1, -0.05) is 41.5 Å². The molecule has 0 radical (unpaired) electrons. The standard InChI is InChI=1S/C21H26N2O2S/c1-20(2,3)15-8-13(9-16(19(15)25)21(4,5)6)18(24)14-10-23(7)11-17(14)26-12-22/h8-11,25H,1-7H3. The lowest BCUT2D eigenvalue weighted by Gasteiger charge is -2.28. The smallest absolute Gasteiger partial charge is 0.195 e. The molecule has 0 aliphatic carbocycles. The van der Waals surface area contributed by atoms with Gasteiger partial charge in [-0.25, -0.2) is 0 Å². The molecule has 0 spiro atoms. The van der Waals surface area contributed by atoms with Crippen molar-refractivity contribution in [2.24, 2.45) is 7.05 Å². The molecule has 0 saturated heterocycles. The van der Waals surface area contributed by atoms with Crippen molar-refractivity contribution in [3.63, 3.8) is 0 Å². The zero-order chi connectivity index (χ0) is 19.9. The van der Waals surface area contributed by atoms with E-state index in [0.717, 1.165) is 22.9 Å². The minimum absolute atomic E-state index is 0.139. The molecule has 0 saturated carbocycles. The number of thiocyanates is 1. The van der Waals surface area contributed by atoms with Crippen LogP contribution in [0.1, 0.15) is 68.6 Å². The first-order chi connectivity index (χ1) is 11.9. The van der Waals surface area contributed by atoms with Crippen LogP contribution in [0.2, 0.25) is 0 Å². The highest BCUT2D eigenvalue weighted by Crippen LogP contribution is 2.40. The summed E-state index contributed by atoms with van der Waals surface area (Å²) in [4.78, 5) is 13.8. The number of hydrogen-bond donors (Lipinski definition) is 1. The van der Waals surface area contributed by atoms with Crippen molar-refractivity contribution in [1.82, 2.24) is 4.57 Å². The summed E-state index contributed by atoms with van der Waals surface area (Å²) in [6, 6.07) is 3.56. The van der Waals surface area contributed by atoms with Crippen molar-refractivity contribution in [3.05, 3.63) is 46.8 Å². The summed E-state index contributed by atoms with van der Waals surface area (Å²) in [5.41, 5.74) is 1.92. The second kappa shape index (κ2) is 6.85. The van der Waals surface area contributed by atoms with Crippen LogP contribution in [0, 0.1) is 10.7 Å². The zero-order valence-electron chi connectivity index (χ0n) is 16.5. The Morgan fingerprint density at radius 1 is 1.08 bits per heavy atom. The maximum atomic E-state index is 13.2. The number of aromatic nitrogens is 1. The molecule has 5 heteroatoms. The monoisotopic (exact) mass is 370 g/mol. The average Bonchev–Trinajstić information content (AvgIpc) is 2.85. The maximum absolute atomic E-state index is 13.2. The van der Waals surface area contributed by atoms with Crippen molar-refractivity contribution in [2.75, 3.05) is 0 Å². The lowest BCUT2D eigenvalue weighted by atomic mass is 9.78. The van der Waals surface area contributed by atoms with Gasteiger partial charge in [0.25, 0.3) is 0 Å². The first-order valence-corrected chi connectivity index (χ1v) is 9.32. The van der Waals surface area contributed by atoms with E-state index < -0.39 is 0 Å². The summed E-state index contributed by atoms with van der Waals surface area (Å²) in [6.07, 6.45) is 3.51. The third kappa shape index (κ3) is 3.96. The highest BCUT2D eigenvalue weighted by molar-refractivity contribution is 8.03. The number of nitriles is 1. The third-order valence-corrected chi connectivity index (χ3v) is 4.94. The molecule has 1 aromatic carbocycles. The van der Waals surface area contributed by atoms with Gasteiger partial charge in [0.15, 0.2) is 5.78 Å². The Morgan fingerprint density at radius 2 is 1.58 bits per heavy atom. The predicted octanol–water partition coefficient (Wildman–Crippen LogP) is 5.13. The van der Waals surface area contributed by atoms with E-state index in [0.29, 0.717) is 16.0 Å². The number of aryl methyl sites for hydroxylation is 1. The maximum Gasteiger partial charge on any atom is 0.195 e. The number of carbonyl (C=O) groups is 1. The molecule has 0 aliphatic heterocycles. The van der Waals surface area contributed by atoms with Crippen molar-refractivity contribution in [3.8, 4) is 11.2 Å². The number of nitrogens with zero attached hydrogens (tertiary/aromatic N) is 2. The molecule has 1 heterocycles. The molecule has 4 nitrogen and oxygen atoms in total. The van der Waals surface area contributed by atoms with Crippen LogP contribution in [0.3, 0.4) is 0 Å².